The smallest absolute Gasteiger partial charge is 0.225 e. The highest BCUT2D eigenvalue weighted by molar-refractivity contribution is 6.35. The van der Waals surface area contributed by atoms with Crippen LogP contribution in [0, 0.1) is 5.41 Å². The predicted octanol–water partition coefficient (Wildman–Crippen LogP) is 5.49. The fourth-order valence-corrected chi connectivity index (χ4v) is 3.49. The number of aromatic nitrogens is 2. The average Bonchev–Trinajstić information content (AvgIpc) is 2.97. The SMILES string of the molecule is CC(C)(C)C(=O)NCCCc1nc2ccccc2n1Cc1ccc(Cl)cc1Cl. The van der Waals surface area contributed by atoms with E-state index in [2.05, 4.69) is 16.0 Å². The van der Waals surface area contributed by atoms with Gasteiger partial charge in [0.1, 0.15) is 5.82 Å². The van der Waals surface area contributed by atoms with E-state index in [0.717, 1.165) is 35.3 Å². The van der Waals surface area contributed by atoms with Gasteiger partial charge >= 0.3 is 0 Å². The number of nitrogens with one attached hydrogen (secondary N) is 1. The van der Waals surface area contributed by atoms with Gasteiger partial charge in [0.2, 0.25) is 5.91 Å². The number of hydrogen-bond acceptors (Lipinski definition) is 2. The van der Waals surface area contributed by atoms with Crippen LogP contribution in [0.3, 0.4) is 0 Å². The van der Waals surface area contributed by atoms with Crippen LogP contribution in [0.1, 0.15) is 38.6 Å². The molecular weight excluding hydrogens is 393 g/mol. The third kappa shape index (κ3) is 4.86. The summed E-state index contributed by atoms with van der Waals surface area (Å²) in [6.45, 7) is 6.99. The number of aryl methyl sites for hydroxylation is 1. The highest BCUT2D eigenvalue weighted by Crippen LogP contribution is 2.25. The normalized spacial score (nSPS) is 11.8. The molecule has 6 heteroatoms. The van der Waals surface area contributed by atoms with Crippen LogP contribution >= 0.6 is 23.2 Å². The molecule has 3 aromatic rings. The summed E-state index contributed by atoms with van der Waals surface area (Å²) in [5.41, 5.74) is 2.65. The zero-order chi connectivity index (χ0) is 20.3. The number of carbonyl (C=O) groups excluding carboxylic acids is 1. The molecule has 1 aromatic heterocycles. The Morgan fingerprint density at radius 2 is 1.89 bits per heavy atom. The molecule has 0 saturated carbocycles. The number of halogens is 2. The second-order valence-electron chi connectivity index (χ2n) is 7.95. The van der Waals surface area contributed by atoms with Crippen molar-refractivity contribution in [2.75, 3.05) is 6.54 Å². The van der Waals surface area contributed by atoms with Gasteiger partial charge in [-0.15, -0.1) is 0 Å². The Morgan fingerprint density at radius 1 is 1.14 bits per heavy atom. The molecule has 28 heavy (non-hydrogen) atoms. The summed E-state index contributed by atoms with van der Waals surface area (Å²) in [6.07, 6.45) is 1.59. The van der Waals surface area contributed by atoms with Crippen molar-refractivity contribution in [1.82, 2.24) is 14.9 Å². The Morgan fingerprint density at radius 3 is 2.61 bits per heavy atom. The maximum Gasteiger partial charge on any atom is 0.225 e. The van der Waals surface area contributed by atoms with E-state index in [1.54, 1.807) is 6.07 Å². The Balaban J connectivity index is 1.78. The maximum atomic E-state index is 12.0. The van der Waals surface area contributed by atoms with Gasteiger partial charge in [-0.1, -0.05) is 62.2 Å². The van der Waals surface area contributed by atoms with Crippen molar-refractivity contribution >= 4 is 40.1 Å². The molecule has 1 amide bonds. The number of nitrogens with zero attached hydrogens (tertiary/aromatic N) is 2. The molecule has 1 heterocycles. The predicted molar refractivity (Wildman–Crippen MR) is 116 cm³/mol. The van der Waals surface area contributed by atoms with Crippen molar-refractivity contribution in [1.29, 1.82) is 0 Å². The number of amides is 1. The van der Waals surface area contributed by atoms with Crippen LogP contribution < -0.4 is 5.32 Å². The number of imidazole rings is 1. The van der Waals surface area contributed by atoms with Crippen LogP contribution in [0.2, 0.25) is 10.0 Å². The molecule has 0 saturated heterocycles. The summed E-state index contributed by atoms with van der Waals surface area (Å²) in [4.78, 5) is 16.8. The molecule has 1 N–H and O–H groups in total. The molecule has 0 aliphatic rings. The number of para-hydroxylation sites is 2. The van der Waals surface area contributed by atoms with Gasteiger partial charge in [0.25, 0.3) is 0 Å². The van der Waals surface area contributed by atoms with Crippen LogP contribution in [0.4, 0.5) is 0 Å². The molecule has 4 nitrogen and oxygen atoms in total. The van der Waals surface area contributed by atoms with Crippen molar-refractivity contribution in [2.45, 2.75) is 40.2 Å². The molecule has 148 valence electrons. The van der Waals surface area contributed by atoms with Crippen LogP contribution in [0.15, 0.2) is 42.5 Å². The summed E-state index contributed by atoms with van der Waals surface area (Å²) in [7, 11) is 0. The van der Waals surface area contributed by atoms with E-state index in [1.165, 1.54) is 0 Å². The molecule has 0 atom stereocenters. The number of hydrogen-bond donors (Lipinski definition) is 1. The van der Waals surface area contributed by atoms with Crippen molar-refractivity contribution < 1.29 is 4.79 Å². The minimum Gasteiger partial charge on any atom is -0.356 e. The van der Waals surface area contributed by atoms with Gasteiger partial charge in [-0.2, -0.15) is 0 Å². The topological polar surface area (TPSA) is 46.9 Å². The number of fused-ring (bicyclic) bond motifs is 1. The molecule has 0 spiro atoms. The lowest BCUT2D eigenvalue weighted by atomic mass is 9.96. The zero-order valence-corrected chi connectivity index (χ0v) is 17.9. The molecule has 0 aliphatic heterocycles. The second-order valence-corrected chi connectivity index (χ2v) is 8.79. The molecule has 0 bridgehead atoms. The van der Waals surface area contributed by atoms with E-state index in [-0.39, 0.29) is 11.3 Å². The lowest BCUT2D eigenvalue weighted by Crippen LogP contribution is -2.35. The Labute approximate surface area is 175 Å². The lowest BCUT2D eigenvalue weighted by Gasteiger charge is -2.17. The van der Waals surface area contributed by atoms with Gasteiger partial charge in [-0.05, 0) is 36.2 Å². The van der Waals surface area contributed by atoms with E-state index in [0.29, 0.717) is 23.1 Å². The van der Waals surface area contributed by atoms with Crippen LogP contribution in [0.5, 0.6) is 0 Å². The second kappa shape index (κ2) is 8.54. The van der Waals surface area contributed by atoms with E-state index >= 15 is 0 Å². The summed E-state index contributed by atoms with van der Waals surface area (Å²) < 4.78 is 2.19. The van der Waals surface area contributed by atoms with E-state index in [4.69, 9.17) is 28.2 Å². The van der Waals surface area contributed by atoms with E-state index < -0.39 is 0 Å². The number of benzene rings is 2. The first-order valence-corrected chi connectivity index (χ1v) is 10.2. The molecule has 2 aromatic carbocycles. The van der Waals surface area contributed by atoms with Gasteiger partial charge in [0.05, 0.1) is 17.6 Å². The minimum atomic E-state index is -0.377. The van der Waals surface area contributed by atoms with Crippen LogP contribution in [-0.2, 0) is 17.8 Å². The van der Waals surface area contributed by atoms with E-state index in [9.17, 15) is 4.79 Å². The van der Waals surface area contributed by atoms with Gasteiger partial charge in [-0.25, -0.2) is 4.98 Å². The minimum absolute atomic E-state index is 0.0638. The van der Waals surface area contributed by atoms with Crippen molar-refractivity contribution in [2.24, 2.45) is 5.41 Å². The third-order valence-electron chi connectivity index (χ3n) is 4.62. The van der Waals surface area contributed by atoms with Gasteiger partial charge in [0.15, 0.2) is 0 Å². The van der Waals surface area contributed by atoms with Crippen LogP contribution in [-0.4, -0.2) is 22.0 Å². The molecule has 0 unspecified atom stereocenters. The highest BCUT2D eigenvalue weighted by Gasteiger charge is 2.20. The monoisotopic (exact) mass is 417 g/mol. The lowest BCUT2D eigenvalue weighted by molar-refractivity contribution is -0.128. The van der Waals surface area contributed by atoms with Crippen LogP contribution in [0.25, 0.3) is 11.0 Å². The average molecular weight is 418 g/mol. The standard InChI is InChI=1S/C22H25Cl2N3O/c1-22(2,3)21(28)25-12-6-9-20-26-18-7-4-5-8-19(18)27(20)14-15-10-11-16(23)13-17(15)24/h4-5,7-8,10-11,13H,6,9,12,14H2,1-3H3,(H,25,28). The Hall–Kier alpha value is -2.04. The summed E-state index contributed by atoms with van der Waals surface area (Å²) in [6, 6.07) is 13.6. The van der Waals surface area contributed by atoms with Gasteiger partial charge in [-0.3, -0.25) is 4.79 Å². The summed E-state index contributed by atoms with van der Waals surface area (Å²) in [5, 5.41) is 4.27. The molecule has 3 rings (SSSR count). The third-order valence-corrected chi connectivity index (χ3v) is 5.21. The first-order chi connectivity index (χ1) is 13.3. The molecule has 0 aliphatic carbocycles. The first kappa shape index (κ1) is 20.7. The highest BCUT2D eigenvalue weighted by atomic mass is 35.5. The van der Waals surface area contributed by atoms with Gasteiger partial charge < -0.3 is 9.88 Å². The Bertz CT molecular complexity index is 989. The quantitative estimate of drug-likeness (QED) is 0.539. The largest absolute Gasteiger partial charge is 0.356 e. The Kier molecular flexibility index (Phi) is 6.31. The zero-order valence-electron chi connectivity index (χ0n) is 16.4. The molecule has 0 radical (unpaired) electrons. The van der Waals surface area contributed by atoms with Gasteiger partial charge in [0, 0.05) is 28.4 Å². The van der Waals surface area contributed by atoms with Crippen molar-refractivity contribution in [3.8, 4) is 0 Å². The number of rotatable bonds is 6. The van der Waals surface area contributed by atoms with Crippen molar-refractivity contribution in [3.63, 3.8) is 0 Å². The fourth-order valence-electron chi connectivity index (χ4n) is 3.03. The summed E-state index contributed by atoms with van der Waals surface area (Å²) >= 11 is 12.4. The number of carbonyl (C=O) groups is 1. The summed E-state index contributed by atoms with van der Waals surface area (Å²) in [5.74, 6) is 1.05. The van der Waals surface area contributed by atoms with Crippen molar-refractivity contribution in [3.05, 3.63) is 63.9 Å². The fraction of sp³-hybridized carbons (Fsp3) is 0.364. The maximum absolute atomic E-state index is 12.0. The molecule has 0 fully saturated rings. The van der Waals surface area contributed by atoms with E-state index in [1.807, 2.05) is 51.1 Å². The first-order valence-electron chi connectivity index (χ1n) is 9.42. The molecular formula is C22H25Cl2N3O.